The van der Waals surface area contributed by atoms with Crippen molar-refractivity contribution in [2.75, 3.05) is 6.61 Å². The summed E-state index contributed by atoms with van der Waals surface area (Å²) in [5.41, 5.74) is 3.31. The lowest BCUT2D eigenvalue weighted by molar-refractivity contribution is -0.129. The van der Waals surface area contributed by atoms with Gasteiger partial charge in [-0.1, -0.05) is 36.8 Å². The van der Waals surface area contributed by atoms with Crippen LogP contribution >= 0.6 is 0 Å². The largest absolute Gasteiger partial charge is 0.462 e. The number of hydrogen-bond donors (Lipinski definition) is 0. The van der Waals surface area contributed by atoms with Crippen LogP contribution in [0.5, 0.6) is 0 Å². The molecule has 0 aromatic heterocycles. The van der Waals surface area contributed by atoms with Gasteiger partial charge in [-0.2, -0.15) is 0 Å². The van der Waals surface area contributed by atoms with Crippen molar-refractivity contribution < 1.29 is 19.1 Å². The Balaban J connectivity index is 1.77. The van der Waals surface area contributed by atoms with Gasteiger partial charge in [0.2, 0.25) is 5.90 Å². The molecule has 0 saturated heterocycles. The maximum Gasteiger partial charge on any atom is 0.363 e. The fourth-order valence-electron chi connectivity index (χ4n) is 2.38. The zero-order chi connectivity index (χ0) is 18.5. The van der Waals surface area contributed by atoms with E-state index in [4.69, 9.17) is 9.47 Å². The summed E-state index contributed by atoms with van der Waals surface area (Å²) >= 11 is 0. The molecule has 0 unspecified atom stereocenters. The molecule has 1 heterocycles. The lowest BCUT2D eigenvalue weighted by Gasteiger charge is -2.03. The third-order valence-corrected chi connectivity index (χ3v) is 3.81. The van der Waals surface area contributed by atoms with Crippen molar-refractivity contribution in [3.8, 4) is 0 Å². The van der Waals surface area contributed by atoms with Gasteiger partial charge in [0.15, 0.2) is 5.70 Å². The zero-order valence-electron chi connectivity index (χ0n) is 14.7. The summed E-state index contributed by atoms with van der Waals surface area (Å²) in [6.45, 7) is 4.32. The number of benzene rings is 2. The molecule has 0 radical (unpaired) electrons. The summed E-state index contributed by atoms with van der Waals surface area (Å²) in [6, 6.07) is 14.4. The number of hydrogen-bond acceptors (Lipinski definition) is 5. The predicted molar refractivity (Wildman–Crippen MR) is 98.8 cm³/mol. The van der Waals surface area contributed by atoms with Gasteiger partial charge in [0, 0.05) is 5.56 Å². The normalized spacial score (nSPS) is 14.9. The number of ether oxygens (including phenoxy) is 2. The van der Waals surface area contributed by atoms with E-state index < -0.39 is 5.97 Å². The molecule has 0 fully saturated rings. The van der Waals surface area contributed by atoms with Gasteiger partial charge in [-0.25, -0.2) is 14.6 Å². The van der Waals surface area contributed by atoms with Crippen LogP contribution in [0.4, 0.5) is 0 Å². The Morgan fingerprint density at radius 2 is 1.81 bits per heavy atom. The molecule has 2 aromatic rings. The fourth-order valence-corrected chi connectivity index (χ4v) is 2.38. The highest BCUT2D eigenvalue weighted by Gasteiger charge is 2.24. The molecule has 0 spiro atoms. The van der Waals surface area contributed by atoms with E-state index in [1.54, 1.807) is 30.3 Å². The summed E-state index contributed by atoms with van der Waals surface area (Å²) in [7, 11) is 0. The van der Waals surface area contributed by atoms with Crippen LogP contribution in [0.15, 0.2) is 59.2 Å². The molecule has 2 aromatic carbocycles. The number of rotatable bonds is 5. The minimum absolute atomic E-state index is 0.224. The molecule has 1 aliphatic heterocycles. The number of carbonyl (C=O) groups is 2. The minimum Gasteiger partial charge on any atom is -0.462 e. The van der Waals surface area contributed by atoms with Gasteiger partial charge in [-0.05, 0) is 49.2 Å². The Kier molecular flexibility index (Phi) is 5.27. The smallest absolute Gasteiger partial charge is 0.363 e. The number of esters is 2. The van der Waals surface area contributed by atoms with Gasteiger partial charge in [0.1, 0.15) is 0 Å². The van der Waals surface area contributed by atoms with Crippen molar-refractivity contribution in [1.82, 2.24) is 0 Å². The van der Waals surface area contributed by atoms with Gasteiger partial charge in [-0.3, -0.25) is 0 Å². The summed E-state index contributed by atoms with van der Waals surface area (Å²) in [5, 5.41) is 0. The van der Waals surface area contributed by atoms with Gasteiger partial charge >= 0.3 is 11.9 Å². The highest BCUT2D eigenvalue weighted by molar-refractivity contribution is 6.12. The van der Waals surface area contributed by atoms with Gasteiger partial charge < -0.3 is 9.47 Å². The van der Waals surface area contributed by atoms with Crippen molar-refractivity contribution in [2.45, 2.75) is 20.3 Å². The second-order valence-corrected chi connectivity index (χ2v) is 5.96. The summed E-state index contributed by atoms with van der Waals surface area (Å²) in [5.74, 6) is -0.556. The number of aliphatic imine (C=N–C) groups is 1. The minimum atomic E-state index is -0.494. The van der Waals surface area contributed by atoms with Gasteiger partial charge in [-0.15, -0.1) is 0 Å². The van der Waals surface area contributed by atoms with Gasteiger partial charge in [0.25, 0.3) is 0 Å². The SMILES string of the molecule is CCCOC(=O)c1ccc(/C=C2\N=C(c3ccc(C)cc3)OC2=O)cc1. The molecule has 0 atom stereocenters. The Morgan fingerprint density at radius 3 is 2.46 bits per heavy atom. The Labute approximate surface area is 152 Å². The number of cyclic esters (lactones) is 1. The van der Waals surface area contributed by atoms with Crippen LogP contribution in [-0.4, -0.2) is 24.4 Å². The van der Waals surface area contributed by atoms with Crippen molar-refractivity contribution in [3.05, 3.63) is 76.5 Å². The molecule has 1 aliphatic rings. The van der Waals surface area contributed by atoms with Crippen LogP contribution in [0.25, 0.3) is 6.08 Å². The van der Waals surface area contributed by atoms with E-state index in [-0.39, 0.29) is 11.7 Å². The summed E-state index contributed by atoms with van der Waals surface area (Å²) < 4.78 is 10.3. The van der Waals surface area contributed by atoms with Crippen LogP contribution in [0.1, 0.15) is 40.4 Å². The van der Waals surface area contributed by atoms with E-state index in [1.165, 1.54) is 0 Å². The third kappa shape index (κ3) is 4.06. The first-order valence-corrected chi connectivity index (χ1v) is 8.43. The molecule has 3 rings (SSSR count). The van der Waals surface area contributed by atoms with Crippen molar-refractivity contribution in [1.29, 1.82) is 0 Å². The predicted octanol–water partition coefficient (Wildman–Crippen LogP) is 3.91. The van der Waals surface area contributed by atoms with Crippen LogP contribution in [0.2, 0.25) is 0 Å². The van der Waals surface area contributed by atoms with Crippen molar-refractivity contribution in [2.24, 2.45) is 4.99 Å². The van der Waals surface area contributed by atoms with E-state index in [2.05, 4.69) is 4.99 Å². The second kappa shape index (κ2) is 7.78. The van der Waals surface area contributed by atoms with E-state index >= 15 is 0 Å². The first kappa shape index (κ1) is 17.6. The number of carbonyl (C=O) groups excluding carboxylic acids is 2. The Hall–Kier alpha value is -3.21. The molecule has 0 bridgehead atoms. The molecule has 0 amide bonds. The Morgan fingerprint density at radius 1 is 1.12 bits per heavy atom. The van der Waals surface area contributed by atoms with E-state index in [1.807, 2.05) is 38.1 Å². The molecule has 132 valence electrons. The maximum atomic E-state index is 12.0. The van der Waals surface area contributed by atoms with E-state index in [0.717, 1.165) is 23.1 Å². The third-order valence-electron chi connectivity index (χ3n) is 3.81. The standard InChI is InChI=1S/C21H19NO4/c1-3-12-25-20(23)17-10-6-15(7-11-17)13-18-21(24)26-19(22-18)16-8-4-14(2)5-9-16/h4-11,13H,3,12H2,1-2H3/b18-13-. The average Bonchev–Trinajstić information content (AvgIpc) is 3.01. The van der Waals surface area contributed by atoms with E-state index in [0.29, 0.717) is 18.1 Å². The maximum absolute atomic E-state index is 12.0. The first-order valence-electron chi connectivity index (χ1n) is 8.43. The lowest BCUT2D eigenvalue weighted by atomic mass is 10.1. The second-order valence-electron chi connectivity index (χ2n) is 5.96. The lowest BCUT2D eigenvalue weighted by Crippen LogP contribution is -2.05. The zero-order valence-corrected chi connectivity index (χ0v) is 14.7. The summed E-state index contributed by atoms with van der Waals surface area (Å²) in [4.78, 5) is 28.1. The molecular weight excluding hydrogens is 330 g/mol. The molecule has 0 N–H and O–H groups in total. The van der Waals surface area contributed by atoms with Crippen LogP contribution < -0.4 is 0 Å². The quantitative estimate of drug-likeness (QED) is 0.606. The monoisotopic (exact) mass is 349 g/mol. The first-order chi connectivity index (χ1) is 12.6. The molecule has 5 nitrogen and oxygen atoms in total. The highest BCUT2D eigenvalue weighted by Crippen LogP contribution is 2.20. The summed E-state index contributed by atoms with van der Waals surface area (Å²) in [6.07, 6.45) is 2.41. The average molecular weight is 349 g/mol. The molecule has 5 heteroatoms. The molecular formula is C21H19NO4. The van der Waals surface area contributed by atoms with Crippen LogP contribution in [-0.2, 0) is 14.3 Å². The Bertz CT molecular complexity index is 877. The molecule has 26 heavy (non-hydrogen) atoms. The van der Waals surface area contributed by atoms with Crippen molar-refractivity contribution >= 4 is 23.9 Å². The molecule has 0 aliphatic carbocycles. The highest BCUT2D eigenvalue weighted by atomic mass is 16.6. The van der Waals surface area contributed by atoms with Crippen molar-refractivity contribution in [3.63, 3.8) is 0 Å². The van der Waals surface area contributed by atoms with E-state index in [9.17, 15) is 9.59 Å². The number of nitrogens with zero attached hydrogens (tertiary/aromatic N) is 1. The topological polar surface area (TPSA) is 65.0 Å². The van der Waals surface area contributed by atoms with Crippen LogP contribution in [0.3, 0.4) is 0 Å². The van der Waals surface area contributed by atoms with Gasteiger partial charge in [0.05, 0.1) is 12.2 Å². The fraction of sp³-hybridized carbons (Fsp3) is 0.190. The number of aryl methyl sites for hydroxylation is 1. The molecule has 0 saturated carbocycles. The van der Waals surface area contributed by atoms with Crippen LogP contribution in [0, 0.1) is 6.92 Å².